The fourth-order valence-electron chi connectivity index (χ4n) is 2.27. The molecule has 0 spiro atoms. The fraction of sp³-hybridized carbons (Fsp3) is 0.188. The minimum absolute atomic E-state index is 0.245. The van der Waals surface area contributed by atoms with Crippen LogP contribution in [0, 0.1) is 18.3 Å². The Balaban J connectivity index is 1.94. The Morgan fingerprint density at radius 3 is 2.96 bits per heavy atom. The molecule has 0 aliphatic rings. The third-order valence-corrected chi connectivity index (χ3v) is 4.71. The van der Waals surface area contributed by atoms with Gasteiger partial charge in [0.05, 0.1) is 29.8 Å². The van der Waals surface area contributed by atoms with Crippen molar-refractivity contribution in [1.29, 1.82) is 5.26 Å². The number of nitriles is 1. The number of carbonyl (C=O) groups is 1. The van der Waals surface area contributed by atoms with Gasteiger partial charge in [-0.2, -0.15) is 5.26 Å². The predicted molar refractivity (Wildman–Crippen MR) is 91.2 cm³/mol. The molecule has 24 heavy (non-hydrogen) atoms. The number of thiazole rings is 1. The minimum Gasteiger partial charge on any atom is -0.296 e. The first-order valence-electron chi connectivity index (χ1n) is 6.98. The van der Waals surface area contributed by atoms with Gasteiger partial charge in [0.15, 0.2) is 11.7 Å². The van der Waals surface area contributed by atoms with Crippen LogP contribution >= 0.6 is 22.9 Å². The number of aromatic nitrogens is 3. The van der Waals surface area contributed by atoms with E-state index < -0.39 is 11.7 Å². The Bertz CT molecular complexity index is 1030. The second-order valence-electron chi connectivity index (χ2n) is 5.19. The van der Waals surface area contributed by atoms with Crippen molar-refractivity contribution < 1.29 is 4.79 Å². The van der Waals surface area contributed by atoms with Crippen molar-refractivity contribution in [3.05, 3.63) is 56.0 Å². The van der Waals surface area contributed by atoms with Crippen LogP contribution in [0.2, 0.25) is 5.02 Å². The van der Waals surface area contributed by atoms with Crippen molar-refractivity contribution >= 4 is 39.6 Å². The van der Waals surface area contributed by atoms with E-state index in [-0.39, 0.29) is 12.1 Å². The van der Waals surface area contributed by atoms with Gasteiger partial charge in [-0.15, -0.1) is 11.3 Å². The van der Waals surface area contributed by atoms with E-state index in [4.69, 9.17) is 11.6 Å². The molecule has 2 aromatic heterocycles. The van der Waals surface area contributed by atoms with Crippen molar-refractivity contribution in [2.45, 2.75) is 19.4 Å². The zero-order valence-corrected chi connectivity index (χ0v) is 14.1. The molecule has 0 aliphatic carbocycles. The summed E-state index contributed by atoms with van der Waals surface area (Å²) in [7, 11) is 0. The van der Waals surface area contributed by atoms with E-state index in [1.54, 1.807) is 24.4 Å². The second kappa shape index (κ2) is 6.51. The summed E-state index contributed by atoms with van der Waals surface area (Å²) in [6, 6.07) is 6.75. The molecule has 1 atom stereocenters. The fourth-order valence-corrected chi connectivity index (χ4v) is 3.31. The van der Waals surface area contributed by atoms with Crippen molar-refractivity contribution in [3.63, 3.8) is 0 Å². The van der Waals surface area contributed by atoms with Crippen LogP contribution in [-0.2, 0) is 11.3 Å². The number of Topliss-reactive ketones (excluding diaryl/α,β-unsaturated/α-hetero) is 1. The zero-order valence-electron chi connectivity index (χ0n) is 12.6. The molecule has 0 bridgehead atoms. The highest BCUT2D eigenvalue weighted by Crippen LogP contribution is 2.21. The van der Waals surface area contributed by atoms with E-state index in [1.807, 2.05) is 6.07 Å². The van der Waals surface area contributed by atoms with Gasteiger partial charge in [0.1, 0.15) is 5.01 Å². The third kappa shape index (κ3) is 3.07. The van der Waals surface area contributed by atoms with E-state index >= 15 is 0 Å². The number of benzene rings is 1. The van der Waals surface area contributed by atoms with E-state index in [2.05, 4.69) is 9.97 Å². The Kier molecular flexibility index (Phi) is 4.42. The molecule has 8 heteroatoms. The molecule has 1 aromatic carbocycles. The van der Waals surface area contributed by atoms with Crippen LogP contribution in [0.1, 0.15) is 16.6 Å². The maximum Gasteiger partial charge on any atom is 0.261 e. The summed E-state index contributed by atoms with van der Waals surface area (Å²) in [6.45, 7) is 1.55. The normalized spacial score (nSPS) is 12.0. The van der Waals surface area contributed by atoms with Crippen LogP contribution in [0.25, 0.3) is 10.9 Å². The number of hydrogen-bond acceptors (Lipinski definition) is 6. The molecule has 0 N–H and O–H groups in total. The highest BCUT2D eigenvalue weighted by molar-refractivity contribution is 7.09. The highest BCUT2D eigenvalue weighted by atomic mass is 35.5. The number of nitrogens with zero attached hydrogens (tertiary/aromatic N) is 4. The van der Waals surface area contributed by atoms with Crippen LogP contribution in [0.15, 0.2) is 34.7 Å². The molecule has 3 aromatic rings. The van der Waals surface area contributed by atoms with Crippen LogP contribution in [0.4, 0.5) is 0 Å². The molecule has 0 fully saturated rings. The van der Waals surface area contributed by atoms with Crippen LogP contribution < -0.4 is 5.56 Å². The molecule has 1 unspecified atom stereocenters. The Morgan fingerprint density at radius 1 is 1.50 bits per heavy atom. The SMILES string of the molecule is Cc1csc(C(C#N)C(=O)Cn2cnc3ccc(Cl)cc3c2=O)n1. The topological polar surface area (TPSA) is 88.6 Å². The third-order valence-electron chi connectivity index (χ3n) is 3.45. The monoisotopic (exact) mass is 358 g/mol. The molecule has 0 saturated heterocycles. The summed E-state index contributed by atoms with van der Waals surface area (Å²) in [4.78, 5) is 33.3. The molecule has 0 amide bonds. The van der Waals surface area contributed by atoms with Crippen molar-refractivity contribution in [2.24, 2.45) is 0 Å². The first-order valence-corrected chi connectivity index (χ1v) is 8.24. The van der Waals surface area contributed by atoms with Crippen LogP contribution in [0.3, 0.4) is 0 Å². The van der Waals surface area contributed by atoms with E-state index in [0.717, 1.165) is 5.69 Å². The highest BCUT2D eigenvalue weighted by Gasteiger charge is 2.24. The summed E-state index contributed by atoms with van der Waals surface area (Å²) in [6.07, 6.45) is 1.30. The number of ketones is 1. The number of rotatable bonds is 4. The smallest absolute Gasteiger partial charge is 0.261 e. The lowest BCUT2D eigenvalue weighted by molar-refractivity contribution is -0.120. The molecule has 2 heterocycles. The van der Waals surface area contributed by atoms with Gasteiger partial charge >= 0.3 is 0 Å². The molecule has 0 radical (unpaired) electrons. The van der Waals surface area contributed by atoms with E-state index in [9.17, 15) is 14.9 Å². The lowest BCUT2D eigenvalue weighted by Crippen LogP contribution is -2.27. The van der Waals surface area contributed by atoms with Gasteiger partial charge in [0, 0.05) is 16.1 Å². The Morgan fingerprint density at radius 2 is 2.29 bits per heavy atom. The predicted octanol–water partition coefficient (Wildman–Crippen LogP) is 2.69. The summed E-state index contributed by atoms with van der Waals surface area (Å²) in [5, 5.41) is 12.2. The Hall–Kier alpha value is -2.56. The number of carbonyl (C=O) groups excluding carboxylic acids is 1. The molecule has 0 saturated carbocycles. The average Bonchev–Trinajstić information content (AvgIpc) is 2.97. The number of fused-ring (bicyclic) bond motifs is 1. The van der Waals surface area contributed by atoms with Crippen molar-refractivity contribution in [1.82, 2.24) is 14.5 Å². The summed E-state index contributed by atoms with van der Waals surface area (Å²) in [5.74, 6) is -1.40. The van der Waals surface area contributed by atoms with Gasteiger partial charge in [-0.1, -0.05) is 11.6 Å². The molecule has 3 rings (SSSR count). The summed E-state index contributed by atoms with van der Waals surface area (Å²) >= 11 is 7.17. The van der Waals surface area contributed by atoms with Gasteiger partial charge in [-0.25, -0.2) is 9.97 Å². The molecule has 0 aliphatic heterocycles. The first kappa shape index (κ1) is 16.3. The maximum absolute atomic E-state index is 12.5. The number of hydrogen-bond donors (Lipinski definition) is 0. The lowest BCUT2D eigenvalue weighted by atomic mass is 10.1. The van der Waals surface area contributed by atoms with Crippen LogP contribution in [-0.4, -0.2) is 20.3 Å². The standard InChI is InChI=1S/C16H11ClN4O2S/c1-9-7-24-15(20-9)12(5-18)14(22)6-21-8-19-13-3-2-10(17)4-11(13)16(21)23/h2-4,7-8,12H,6H2,1H3. The number of aryl methyl sites for hydroxylation is 1. The Labute approximate surface area is 146 Å². The van der Waals surface area contributed by atoms with E-state index in [1.165, 1.54) is 28.3 Å². The van der Waals surface area contributed by atoms with Crippen LogP contribution in [0.5, 0.6) is 0 Å². The van der Waals surface area contributed by atoms with Gasteiger partial charge in [-0.05, 0) is 25.1 Å². The molecule has 120 valence electrons. The number of halogens is 1. The summed E-state index contributed by atoms with van der Waals surface area (Å²) in [5.41, 5.74) is 0.880. The van der Waals surface area contributed by atoms with Gasteiger partial charge in [0.25, 0.3) is 5.56 Å². The van der Waals surface area contributed by atoms with Gasteiger partial charge in [0.2, 0.25) is 0 Å². The second-order valence-corrected chi connectivity index (χ2v) is 6.52. The molecular formula is C16H11ClN4O2S. The first-order chi connectivity index (χ1) is 11.5. The van der Waals surface area contributed by atoms with Gasteiger partial charge in [-0.3, -0.25) is 14.2 Å². The average molecular weight is 359 g/mol. The zero-order chi connectivity index (χ0) is 17.3. The maximum atomic E-state index is 12.5. The molecular weight excluding hydrogens is 348 g/mol. The quantitative estimate of drug-likeness (QED) is 0.715. The minimum atomic E-state index is -0.995. The molecule has 6 nitrogen and oxygen atoms in total. The summed E-state index contributed by atoms with van der Waals surface area (Å²) < 4.78 is 1.19. The van der Waals surface area contributed by atoms with Gasteiger partial charge < -0.3 is 0 Å². The lowest BCUT2D eigenvalue weighted by Gasteiger charge is -2.08. The largest absolute Gasteiger partial charge is 0.296 e. The van der Waals surface area contributed by atoms with Crippen molar-refractivity contribution in [2.75, 3.05) is 0 Å². The van der Waals surface area contributed by atoms with E-state index in [0.29, 0.717) is 20.9 Å². The van der Waals surface area contributed by atoms with Crippen molar-refractivity contribution in [3.8, 4) is 6.07 Å².